The van der Waals surface area contributed by atoms with Crippen LogP contribution in [-0.4, -0.2) is 64.4 Å². The number of unbranched alkanes of at least 4 members (excludes halogenated alkanes) is 2. The molecule has 0 bridgehead atoms. The second-order valence-corrected chi connectivity index (χ2v) is 8.18. The van der Waals surface area contributed by atoms with E-state index in [1.54, 1.807) is 11.9 Å². The maximum Gasteiger partial charge on any atom is 0.242 e. The maximum atomic E-state index is 12.4. The number of ketones is 1. The van der Waals surface area contributed by atoms with Gasteiger partial charge in [-0.25, -0.2) is 0 Å². The van der Waals surface area contributed by atoms with Crippen LogP contribution in [-0.2, 0) is 19.2 Å². The van der Waals surface area contributed by atoms with E-state index < -0.39 is 0 Å². The Morgan fingerprint density at radius 1 is 1.23 bits per heavy atom. The van der Waals surface area contributed by atoms with Crippen LogP contribution in [0.25, 0.3) is 0 Å². The minimum Gasteiger partial charge on any atom is -0.335 e. The van der Waals surface area contributed by atoms with Gasteiger partial charge in [0.25, 0.3) is 0 Å². The van der Waals surface area contributed by atoms with E-state index in [0.29, 0.717) is 38.6 Å². The summed E-state index contributed by atoms with van der Waals surface area (Å²) in [5.41, 5.74) is 0. The number of rotatable bonds is 11. The van der Waals surface area contributed by atoms with Crippen molar-refractivity contribution in [1.29, 1.82) is 0 Å². The van der Waals surface area contributed by atoms with Crippen molar-refractivity contribution in [2.45, 2.75) is 70.6 Å². The van der Waals surface area contributed by atoms with E-state index in [-0.39, 0.29) is 40.7 Å². The summed E-state index contributed by atoms with van der Waals surface area (Å²) >= 11 is 1.42. The summed E-state index contributed by atoms with van der Waals surface area (Å²) < 4.78 is 0. The third-order valence-electron chi connectivity index (χ3n) is 4.88. The minimum absolute atomic E-state index is 0.0266. The van der Waals surface area contributed by atoms with Crippen LogP contribution in [0.2, 0.25) is 0 Å². The number of carbonyl (C=O) groups excluding carboxylic acids is 4. The van der Waals surface area contributed by atoms with Crippen molar-refractivity contribution in [2.24, 2.45) is 5.92 Å². The number of likely N-dealkylation sites (N-methyl/N-ethyl adjacent to an activating group) is 1. The molecule has 1 heterocycles. The molecule has 0 aromatic heterocycles. The fraction of sp³-hybridized carbons (Fsp3) is 0.789. The zero-order chi connectivity index (χ0) is 19.9. The second kappa shape index (κ2) is 10.7. The van der Waals surface area contributed by atoms with Crippen LogP contribution in [0.5, 0.6) is 0 Å². The third kappa shape index (κ3) is 5.83. The lowest BCUT2D eigenvalue weighted by Gasteiger charge is -2.30. The molecule has 0 radical (unpaired) electrons. The quantitative estimate of drug-likeness (QED) is 0.404. The highest BCUT2D eigenvalue weighted by atomic mass is 32.2. The molecule has 0 aliphatic carbocycles. The van der Waals surface area contributed by atoms with Crippen molar-refractivity contribution >= 4 is 35.3 Å². The topological polar surface area (TPSA) is 74.8 Å². The number of carbonyl (C=O) groups is 4. The average Bonchev–Trinajstić information content (AvgIpc) is 2.87. The van der Waals surface area contributed by atoms with Crippen LogP contribution in [0, 0.1) is 5.92 Å². The van der Waals surface area contributed by atoms with Gasteiger partial charge in [-0.3, -0.25) is 24.1 Å². The molecule has 148 valence electrons. The van der Waals surface area contributed by atoms with Crippen LogP contribution in [0.3, 0.4) is 0 Å². The Bertz CT molecular complexity index is 536. The molecule has 26 heavy (non-hydrogen) atoms. The smallest absolute Gasteiger partial charge is 0.242 e. The number of amides is 3. The lowest BCUT2D eigenvalue weighted by atomic mass is 9.96. The first-order valence-corrected chi connectivity index (χ1v) is 10.7. The number of likely N-dealkylation sites (tertiary alicyclic amines) is 1. The number of hydrogen-bond acceptors (Lipinski definition) is 5. The summed E-state index contributed by atoms with van der Waals surface area (Å²) in [5.74, 6) is -0.0290. The average molecular weight is 385 g/mol. The van der Waals surface area contributed by atoms with Gasteiger partial charge in [-0.2, -0.15) is 11.8 Å². The maximum absolute atomic E-state index is 12.4. The SMILES string of the molecule is CCC(=O)[C@H](C(C)C)N(C)C(=O)CCCCCN1C(=O)CC(SC)C1=O. The van der Waals surface area contributed by atoms with E-state index in [9.17, 15) is 19.2 Å². The Morgan fingerprint density at radius 3 is 2.38 bits per heavy atom. The molecule has 1 aliphatic heterocycles. The first-order valence-electron chi connectivity index (χ1n) is 9.39. The van der Waals surface area contributed by atoms with Crippen LogP contribution in [0.15, 0.2) is 0 Å². The Morgan fingerprint density at radius 2 is 1.88 bits per heavy atom. The van der Waals surface area contributed by atoms with Gasteiger partial charge in [0.2, 0.25) is 17.7 Å². The molecule has 1 aliphatic rings. The summed E-state index contributed by atoms with van der Waals surface area (Å²) in [6.45, 7) is 6.15. The monoisotopic (exact) mass is 384 g/mol. The van der Waals surface area contributed by atoms with Crippen LogP contribution >= 0.6 is 11.8 Å². The number of Topliss-reactive ketones (excluding diaryl/α,β-unsaturated/α-hetero) is 1. The van der Waals surface area contributed by atoms with Gasteiger partial charge >= 0.3 is 0 Å². The highest BCUT2D eigenvalue weighted by Crippen LogP contribution is 2.23. The lowest BCUT2D eigenvalue weighted by Crippen LogP contribution is -2.45. The summed E-state index contributed by atoms with van der Waals surface area (Å²) in [7, 11) is 1.70. The van der Waals surface area contributed by atoms with E-state index in [1.807, 2.05) is 27.0 Å². The Hall–Kier alpha value is -1.37. The minimum atomic E-state index is -0.365. The highest BCUT2D eigenvalue weighted by molar-refractivity contribution is 8.00. The van der Waals surface area contributed by atoms with E-state index in [0.717, 1.165) is 6.42 Å². The van der Waals surface area contributed by atoms with Gasteiger partial charge in [-0.05, 0) is 25.0 Å². The molecule has 1 unspecified atom stereocenters. The number of nitrogens with zero attached hydrogens (tertiary/aromatic N) is 2. The fourth-order valence-corrected chi connectivity index (χ4v) is 4.01. The van der Waals surface area contributed by atoms with Crippen LogP contribution < -0.4 is 0 Å². The van der Waals surface area contributed by atoms with Crippen molar-refractivity contribution in [1.82, 2.24) is 9.80 Å². The third-order valence-corrected chi connectivity index (χ3v) is 5.82. The Labute approximate surface area is 161 Å². The van der Waals surface area contributed by atoms with Gasteiger partial charge < -0.3 is 4.90 Å². The summed E-state index contributed by atoms with van der Waals surface area (Å²) in [6, 6.07) is -0.365. The van der Waals surface area contributed by atoms with E-state index in [4.69, 9.17) is 0 Å². The molecule has 1 saturated heterocycles. The molecule has 2 atom stereocenters. The van der Waals surface area contributed by atoms with E-state index in [1.165, 1.54) is 16.7 Å². The Balaban J connectivity index is 2.37. The van der Waals surface area contributed by atoms with Gasteiger partial charge in [0.05, 0.1) is 11.3 Å². The molecule has 7 heteroatoms. The molecule has 0 N–H and O–H groups in total. The first-order chi connectivity index (χ1) is 12.2. The standard InChI is InChI=1S/C19H32N2O4S/c1-6-14(22)18(13(2)3)20(4)16(23)10-8-7-9-11-21-17(24)12-15(26-5)19(21)25/h13,15,18H,6-12H2,1-5H3/t15?,18-/m0/s1. The molecule has 0 aromatic rings. The summed E-state index contributed by atoms with van der Waals surface area (Å²) in [6.07, 6.45) is 5.12. The summed E-state index contributed by atoms with van der Waals surface area (Å²) in [5, 5.41) is -0.234. The summed E-state index contributed by atoms with van der Waals surface area (Å²) in [4.78, 5) is 51.2. The van der Waals surface area contributed by atoms with Gasteiger partial charge in [0.1, 0.15) is 0 Å². The van der Waals surface area contributed by atoms with Gasteiger partial charge in [-0.15, -0.1) is 0 Å². The largest absolute Gasteiger partial charge is 0.335 e. The number of hydrogen-bond donors (Lipinski definition) is 0. The molecular weight excluding hydrogens is 352 g/mol. The molecule has 0 spiro atoms. The number of thioether (sulfide) groups is 1. The molecule has 6 nitrogen and oxygen atoms in total. The molecule has 0 aromatic carbocycles. The van der Waals surface area contributed by atoms with Crippen LogP contribution in [0.1, 0.15) is 59.3 Å². The van der Waals surface area contributed by atoms with E-state index in [2.05, 4.69) is 0 Å². The second-order valence-electron chi connectivity index (χ2n) is 7.14. The molecule has 3 amide bonds. The predicted octanol–water partition coefficient (Wildman–Crippen LogP) is 2.50. The Kier molecular flexibility index (Phi) is 9.33. The zero-order valence-electron chi connectivity index (χ0n) is 16.6. The van der Waals surface area contributed by atoms with E-state index >= 15 is 0 Å². The highest BCUT2D eigenvalue weighted by Gasteiger charge is 2.37. The normalized spacial score (nSPS) is 18.5. The van der Waals surface area contributed by atoms with Crippen molar-refractivity contribution in [3.05, 3.63) is 0 Å². The lowest BCUT2D eigenvalue weighted by molar-refractivity contribution is -0.139. The van der Waals surface area contributed by atoms with Gasteiger partial charge in [0.15, 0.2) is 5.78 Å². The van der Waals surface area contributed by atoms with Gasteiger partial charge in [0, 0.05) is 32.9 Å². The van der Waals surface area contributed by atoms with Gasteiger partial charge in [-0.1, -0.05) is 27.2 Å². The zero-order valence-corrected chi connectivity index (χ0v) is 17.4. The van der Waals surface area contributed by atoms with Crippen molar-refractivity contribution in [2.75, 3.05) is 19.8 Å². The molecule has 1 fully saturated rings. The molecule has 1 rings (SSSR count). The number of imide groups is 1. The fourth-order valence-electron chi connectivity index (χ4n) is 3.37. The predicted molar refractivity (Wildman–Crippen MR) is 104 cm³/mol. The van der Waals surface area contributed by atoms with Crippen molar-refractivity contribution in [3.8, 4) is 0 Å². The van der Waals surface area contributed by atoms with Crippen molar-refractivity contribution in [3.63, 3.8) is 0 Å². The molecule has 0 saturated carbocycles. The first kappa shape index (κ1) is 22.7. The molecular formula is C19H32N2O4S. The van der Waals surface area contributed by atoms with Crippen LogP contribution in [0.4, 0.5) is 0 Å². The van der Waals surface area contributed by atoms with Crippen molar-refractivity contribution < 1.29 is 19.2 Å².